The molecule has 0 aliphatic carbocycles. The minimum atomic E-state index is -0.656. The van der Waals surface area contributed by atoms with Crippen LogP contribution in [0.25, 0.3) is 0 Å². The highest BCUT2D eigenvalue weighted by Crippen LogP contribution is 2.25. The number of carbonyl (C=O) groups excluding carboxylic acids is 2. The van der Waals surface area contributed by atoms with Crippen molar-refractivity contribution in [3.63, 3.8) is 0 Å². The molecule has 7 nitrogen and oxygen atoms in total. The molecule has 1 aliphatic heterocycles. The lowest BCUT2D eigenvalue weighted by molar-refractivity contribution is -0.150. The molecule has 1 aromatic carbocycles. The summed E-state index contributed by atoms with van der Waals surface area (Å²) >= 11 is 0. The van der Waals surface area contributed by atoms with Crippen LogP contribution in [0.1, 0.15) is 33.3 Å². The fourth-order valence-electron chi connectivity index (χ4n) is 2.88. The molecule has 0 fully saturated rings. The number of ether oxygens (including phenoxy) is 2. The van der Waals surface area contributed by atoms with E-state index >= 15 is 0 Å². The van der Waals surface area contributed by atoms with Gasteiger partial charge in [0.1, 0.15) is 23.5 Å². The Morgan fingerprint density at radius 3 is 2.37 bits per heavy atom. The molecule has 0 saturated heterocycles. The number of rotatable bonds is 4. The Morgan fingerprint density at radius 2 is 1.85 bits per heavy atom. The number of amides is 1. The van der Waals surface area contributed by atoms with E-state index in [0.29, 0.717) is 5.84 Å². The maximum absolute atomic E-state index is 12.9. The maximum Gasteiger partial charge on any atom is 0.416 e. The SMILES string of the molecule is CCOC(=O)C1CN(C(=O)OC(C)(C)C)C(c2ccccc2)=NC1N(C)C. The summed E-state index contributed by atoms with van der Waals surface area (Å²) in [5.41, 5.74) is 0.133. The van der Waals surface area contributed by atoms with Crippen LogP contribution >= 0.6 is 0 Å². The second-order valence-corrected chi connectivity index (χ2v) is 7.65. The van der Waals surface area contributed by atoms with Crippen molar-refractivity contribution in [2.75, 3.05) is 27.2 Å². The molecular weight excluding hydrogens is 346 g/mol. The van der Waals surface area contributed by atoms with Crippen molar-refractivity contribution in [2.24, 2.45) is 10.9 Å². The molecule has 148 valence electrons. The molecule has 0 saturated carbocycles. The van der Waals surface area contributed by atoms with Crippen LogP contribution < -0.4 is 0 Å². The molecule has 2 unspecified atom stereocenters. The van der Waals surface area contributed by atoms with Gasteiger partial charge in [-0.05, 0) is 41.8 Å². The minimum absolute atomic E-state index is 0.143. The van der Waals surface area contributed by atoms with Crippen molar-refractivity contribution >= 4 is 17.9 Å². The summed E-state index contributed by atoms with van der Waals surface area (Å²) in [5.74, 6) is -0.482. The van der Waals surface area contributed by atoms with Gasteiger partial charge in [-0.15, -0.1) is 0 Å². The maximum atomic E-state index is 12.9. The Morgan fingerprint density at radius 1 is 1.22 bits per heavy atom. The zero-order chi connectivity index (χ0) is 20.2. The summed E-state index contributed by atoms with van der Waals surface area (Å²) < 4.78 is 10.8. The molecule has 1 heterocycles. The molecule has 1 aliphatic rings. The topological polar surface area (TPSA) is 71.4 Å². The first kappa shape index (κ1) is 20.9. The standard InChI is InChI=1S/C20H29N3O4/c1-7-26-18(24)15-13-23(19(25)27-20(2,3)4)16(21-17(15)22(5)6)14-11-9-8-10-12-14/h8-12,15,17H,7,13H2,1-6H3. The van der Waals surface area contributed by atoms with Crippen LogP contribution in [0.3, 0.4) is 0 Å². The molecular formula is C20H29N3O4. The smallest absolute Gasteiger partial charge is 0.416 e. The van der Waals surface area contributed by atoms with E-state index in [1.165, 1.54) is 4.90 Å². The van der Waals surface area contributed by atoms with Crippen molar-refractivity contribution in [3.05, 3.63) is 35.9 Å². The second-order valence-electron chi connectivity index (χ2n) is 7.65. The first-order valence-electron chi connectivity index (χ1n) is 9.11. The summed E-state index contributed by atoms with van der Waals surface area (Å²) in [6.07, 6.45) is -0.963. The lowest BCUT2D eigenvalue weighted by Crippen LogP contribution is -2.54. The van der Waals surface area contributed by atoms with Gasteiger partial charge in [-0.25, -0.2) is 9.79 Å². The predicted molar refractivity (Wildman–Crippen MR) is 104 cm³/mol. The Bertz CT molecular complexity index is 695. The average molecular weight is 375 g/mol. The zero-order valence-corrected chi connectivity index (χ0v) is 16.9. The third-order valence-corrected chi connectivity index (χ3v) is 4.01. The fraction of sp³-hybridized carbons (Fsp3) is 0.550. The second kappa shape index (κ2) is 8.52. The van der Waals surface area contributed by atoms with Gasteiger partial charge in [0.05, 0.1) is 6.61 Å². The summed E-state index contributed by atoms with van der Waals surface area (Å²) in [6.45, 7) is 7.59. The largest absolute Gasteiger partial charge is 0.466 e. The molecule has 0 N–H and O–H groups in total. The number of nitrogens with zero attached hydrogens (tertiary/aromatic N) is 3. The van der Waals surface area contributed by atoms with Gasteiger partial charge < -0.3 is 9.47 Å². The molecule has 0 radical (unpaired) electrons. The highest BCUT2D eigenvalue weighted by atomic mass is 16.6. The molecule has 0 aromatic heterocycles. The van der Waals surface area contributed by atoms with Crippen LogP contribution in [0, 0.1) is 5.92 Å². The quantitative estimate of drug-likeness (QED) is 0.757. The lowest BCUT2D eigenvalue weighted by atomic mass is 10.0. The van der Waals surface area contributed by atoms with Gasteiger partial charge in [-0.2, -0.15) is 0 Å². The molecule has 0 bridgehead atoms. The van der Waals surface area contributed by atoms with Crippen molar-refractivity contribution in [2.45, 2.75) is 39.5 Å². The Balaban J connectivity index is 2.48. The monoisotopic (exact) mass is 375 g/mol. The van der Waals surface area contributed by atoms with Crippen LogP contribution in [0.5, 0.6) is 0 Å². The van der Waals surface area contributed by atoms with E-state index in [2.05, 4.69) is 0 Å². The predicted octanol–water partition coefficient (Wildman–Crippen LogP) is 2.75. The fourth-order valence-corrected chi connectivity index (χ4v) is 2.88. The van der Waals surface area contributed by atoms with E-state index in [1.807, 2.05) is 49.3 Å². The van der Waals surface area contributed by atoms with E-state index < -0.39 is 23.8 Å². The van der Waals surface area contributed by atoms with Gasteiger partial charge in [0.25, 0.3) is 0 Å². The molecule has 1 aromatic rings. The van der Waals surface area contributed by atoms with Gasteiger partial charge in [0, 0.05) is 12.1 Å². The summed E-state index contributed by atoms with van der Waals surface area (Å²) in [4.78, 5) is 33.4. The normalized spacial score (nSPS) is 20.3. The van der Waals surface area contributed by atoms with Crippen molar-refractivity contribution in [1.29, 1.82) is 0 Å². The van der Waals surface area contributed by atoms with Crippen LogP contribution in [-0.4, -0.2) is 66.7 Å². The molecule has 7 heteroatoms. The molecule has 2 atom stereocenters. The first-order valence-corrected chi connectivity index (χ1v) is 9.11. The van der Waals surface area contributed by atoms with E-state index in [4.69, 9.17) is 14.5 Å². The molecule has 2 rings (SSSR count). The highest BCUT2D eigenvalue weighted by Gasteiger charge is 2.41. The number of carbonyl (C=O) groups is 2. The van der Waals surface area contributed by atoms with Crippen LogP contribution in [0.15, 0.2) is 35.3 Å². The summed E-state index contributed by atoms with van der Waals surface area (Å²) in [5, 5.41) is 0. The molecule has 0 spiro atoms. The van der Waals surface area contributed by atoms with E-state index in [9.17, 15) is 9.59 Å². The van der Waals surface area contributed by atoms with Gasteiger partial charge >= 0.3 is 12.1 Å². The third kappa shape index (κ3) is 5.29. The lowest BCUT2D eigenvalue weighted by Gasteiger charge is -2.38. The number of benzene rings is 1. The summed E-state index contributed by atoms with van der Waals surface area (Å²) in [6, 6.07) is 9.43. The zero-order valence-electron chi connectivity index (χ0n) is 16.9. The van der Waals surface area contributed by atoms with Gasteiger partial charge in [-0.1, -0.05) is 30.3 Å². The summed E-state index contributed by atoms with van der Waals surface area (Å²) in [7, 11) is 3.71. The Hall–Kier alpha value is -2.41. The van der Waals surface area contributed by atoms with Gasteiger partial charge in [0.15, 0.2) is 0 Å². The number of hydrogen-bond donors (Lipinski definition) is 0. The number of amidine groups is 1. The number of esters is 1. The van der Waals surface area contributed by atoms with Gasteiger partial charge in [0.2, 0.25) is 0 Å². The minimum Gasteiger partial charge on any atom is -0.466 e. The van der Waals surface area contributed by atoms with E-state index in [0.717, 1.165) is 5.56 Å². The van der Waals surface area contributed by atoms with Crippen LogP contribution in [0.4, 0.5) is 4.79 Å². The van der Waals surface area contributed by atoms with E-state index in [-0.39, 0.29) is 19.1 Å². The van der Waals surface area contributed by atoms with Gasteiger partial charge in [-0.3, -0.25) is 14.6 Å². The molecule has 1 amide bonds. The first-order chi connectivity index (χ1) is 12.6. The van der Waals surface area contributed by atoms with Crippen LogP contribution in [-0.2, 0) is 14.3 Å². The number of hydrogen-bond acceptors (Lipinski definition) is 6. The Kier molecular flexibility index (Phi) is 6.59. The van der Waals surface area contributed by atoms with E-state index in [1.54, 1.807) is 27.7 Å². The average Bonchev–Trinajstić information content (AvgIpc) is 2.60. The van der Waals surface area contributed by atoms with Crippen molar-refractivity contribution < 1.29 is 19.1 Å². The highest BCUT2D eigenvalue weighted by molar-refractivity contribution is 6.07. The molecule has 27 heavy (non-hydrogen) atoms. The Labute approximate surface area is 160 Å². The third-order valence-electron chi connectivity index (χ3n) is 4.01. The number of aliphatic imine (C=N–C) groups is 1. The van der Waals surface area contributed by atoms with Crippen LogP contribution in [0.2, 0.25) is 0 Å². The van der Waals surface area contributed by atoms with Crippen molar-refractivity contribution in [3.8, 4) is 0 Å². The van der Waals surface area contributed by atoms with Crippen molar-refractivity contribution in [1.82, 2.24) is 9.80 Å².